The lowest BCUT2D eigenvalue weighted by Crippen LogP contribution is -2.02. The number of benzene rings is 1. The van der Waals surface area contributed by atoms with E-state index < -0.39 is 0 Å². The normalized spacial score (nSPS) is 13.1. The molecule has 0 aliphatic heterocycles. The maximum absolute atomic E-state index is 9.99. The highest BCUT2D eigenvalue weighted by Gasteiger charge is 2.08. The molecule has 0 aromatic heterocycles. The zero-order chi connectivity index (χ0) is 12.0. The zero-order valence-electron chi connectivity index (χ0n) is 10.4. The van der Waals surface area contributed by atoms with Crippen molar-refractivity contribution >= 4 is 11.8 Å². The maximum Gasteiger partial charge on any atom is 0.0880 e. The van der Waals surface area contributed by atoms with E-state index in [2.05, 4.69) is 32.9 Å². The number of rotatable bonds is 6. The van der Waals surface area contributed by atoms with Crippen molar-refractivity contribution in [2.45, 2.75) is 33.3 Å². The van der Waals surface area contributed by atoms with Gasteiger partial charge in [-0.1, -0.05) is 45.0 Å². The molecule has 0 spiro atoms. The highest BCUT2D eigenvalue weighted by Crippen LogP contribution is 2.20. The van der Waals surface area contributed by atoms with Crippen molar-refractivity contribution in [3.63, 3.8) is 0 Å². The van der Waals surface area contributed by atoms with Gasteiger partial charge < -0.3 is 5.11 Å². The standard InChI is InChI=1S/C14H22OS/c1-4-16-10-14(15)13-7-5-6-12(9-13)8-11(2)3/h5-7,9,11,14-15H,4,8,10H2,1-3H3. The van der Waals surface area contributed by atoms with Crippen molar-refractivity contribution in [1.82, 2.24) is 0 Å². The molecule has 0 aliphatic carbocycles. The Morgan fingerprint density at radius 3 is 2.69 bits per heavy atom. The molecule has 0 aliphatic rings. The minimum Gasteiger partial charge on any atom is -0.388 e. The van der Waals surface area contributed by atoms with E-state index in [0.717, 1.165) is 23.5 Å². The van der Waals surface area contributed by atoms with Gasteiger partial charge in [0.25, 0.3) is 0 Å². The van der Waals surface area contributed by atoms with E-state index in [-0.39, 0.29) is 6.10 Å². The van der Waals surface area contributed by atoms with Crippen molar-refractivity contribution in [3.05, 3.63) is 35.4 Å². The highest BCUT2D eigenvalue weighted by molar-refractivity contribution is 7.99. The number of aliphatic hydroxyl groups excluding tert-OH is 1. The second-order valence-corrected chi connectivity index (χ2v) is 5.84. The first kappa shape index (κ1) is 13.6. The van der Waals surface area contributed by atoms with E-state index >= 15 is 0 Å². The van der Waals surface area contributed by atoms with Crippen LogP contribution in [-0.2, 0) is 6.42 Å². The summed E-state index contributed by atoms with van der Waals surface area (Å²) in [5.74, 6) is 2.52. The molecule has 1 rings (SSSR count). The molecule has 1 aromatic rings. The van der Waals surface area contributed by atoms with E-state index in [0.29, 0.717) is 5.92 Å². The van der Waals surface area contributed by atoms with Gasteiger partial charge in [-0.3, -0.25) is 0 Å². The van der Waals surface area contributed by atoms with Gasteiger partial charge in [-0.25, -0.2) is 0 Å². The second kappa shape index (κ2) is 6.97. The fourth-order valence-electron chi connectivity index (χ4n) is 1.72. The van der Waals surface area contributed by atoms with Gasteiger partial charge >= 0.3 is 0 Å². The Hall–Kier alpha value is -0.470. The van der Waals surface area contributed by atoms with Crippen molar-refractivity contribution in [2.75, 3.05) is 11.5 Å². The lowest BCUT2D eigenvalue weighted by molar-refractivity contribution is 0.204. The Labute approximate surface area is 103 Å². The fraction of sp³-hybridized carbons (Fsp3) is 0.571. The summed E-state index contributed by atoms with van der Waals surface area (Å²) in [6, 6.07) is 8.35. The molecule has 16 heavy (non-hydrogen) atoms. The molecule has 1 N–H and O–H groups in total. The van der Waals surface area contributed by atoms with Gasteiger partial charge in [0.1, 0.15) is 0 Å². The van der Waals surface area contributed by atoms with Crippen molar-refractivity contribution < 1.29 is 5.11 Å². The third-order valence-electron chi connectivity index (χ3n) is 2.46. The predicted octanol–water partition coefficient (Wildman–Crippen LogP) is 3.67. The summed E-state index contributed by atoms with van der Waals surface area (Å²) in [6.07, 6.45) is 0.763. The molecule has 0 saturated carbocycles. The third kappa shape index (κ3) is 4.58. The average molecular weight is 238 g/mol. The maximum atomic E-state index is 9.99. The van der Waals surface area contributed by atoms with Crippen LogP contribution in [0.1, 0.15) is 38.0 Å². The van der Waals surface area contributed by atoms with Crippen LogP contribution in [0, 0.1) is 5.92 Å². The molecule has 1 aromatic carbocycles. The van der Waals surface area contributed by atoms with E-state index in [1.54, 1.807) is 11.8 Å². The Morgan fingerprint density at radius 2 is 2.06 bits per heavy atom. The number of thioether (sulfide) groups is 1. The topological polar surface area (TPSA) is 20.2 Å². The molecule has 1 atom stereocenters. The number of hydrogen-bond donors (Lipinski definition) is 1. The first-order valence-electron chi connectivity index (χ1n) is 5.98. The average Bonchev–Trinajstić information content (AvgIpc) is 2.25. The minimum absolute atomic E-state index is 0.322. The van der Waals surface area contributed by atoms with Crippen LogP contribution in [-0.4, -0.2) is 16.6 Å². The summed E-state index contributed by atoms with van der Waals surface area (Å²) in [5.41, 5.74) is 2.38. The first-order chi connectivity index (χ1) is 7.63. The van der Waals surface area contributed by atoms with E-state index in [4.69, 9.17) is 0 Å². The molecule has 0 heterocycles. The largest absolute Gasteiger partial charge is 0.388 e. The fourth-order valence-corrected chi connectivity index (χ4v) is 2.38. The van der Waals surface area contributed by atoms with Gasteiger partial charge in [0, 0.05) is 5.75 Å². The molecule has 0 saturated heterocycles. The van der Waals surface area contributed by atoms with Crippen LogP contribution < -0.4 is 0 Å². The van der Waals surface area contributed by atoms with Gasteiger partial charge in [0.05, 0.1) is 6.10 Å². The van der Waals surface area contributed by atoms with Crippen LogP contribution >= 0.6 is 11.8 Å². The summed E-state index contributed by atoms with van der Waals surface area (Å²) >= 11 is 1.78. The quantitative estimate of drug-likeness (QED) is 0.816. The summed E-state index contributed by atoms with van der Waals surface area (Å²) in [5, 5.41) is 9.99. The van der Waals surface area contributed by atoms with Gasteiger partial charge in [-0.2, -0.15) is 11.8 Å². The van der Waals surface area contributed by atoms with Gasteiger partial charge in [0.15, 0.2) is 0 Å². The number of hydrogen-bond acceptors (Lipinski definition) is 2. The lowest BCUT2D eigenvalue weighted by Gasteiger charge is -2.12. The van der Waals surface area contributed by atoms with Crippen molar-refractivity contribution in [1.29, 1.82) is 0 Å². The summed E-state index contributed by atoms with van der Waals surface area (Å²) in [4.78, 5) is 0. The Kier molecular flexibility index (Phi) is 5.93. The first-order valence-corrected chi connectivity index (χ1v) is 7.13. The van der Waals surface area contributed by atoms with Crippen molar-refractivity contribution in [2.24, 2.45) is 5.92 Å². The summed E-state index contributed by atoms with van der Waals surface area (Å²) in [6.45, 7) is 6.55. The van der Waals surface area contributed by atoms with E-state index in [9.17, 15) is 5.11 Å². The summed E-state index contributed by atoms with van der Waals surface area (Å²) < 4.78 is 0. The van der Waals surface area contributed by atoms with Crippen LogP contribution in [0.4, 0.5) is 0 Å². The molecule has 1 nitrogen and oxygen atoms in total. The second-order valence-electron chi connectivity index (χ2n) is 4.52. The molecule has 0 amide bonds. The molecule has 0 bridgehead atoms. The molecule has 90 valence electrons. The van der Waals surface area contributed by atoms with Crippen LogP contribution in [0.5, 0.6) is 0 Å². The molecule has 2 heteroatoms. The molecular weight excluding hydrogens is 216 g/mol. The van der Waals surface area contributed by atoms with Gasteiger partial charge in [-0.05, 0) is 29.2 Å². The van der Waals surface area contributed by atoms with Crippen LogP contribution in [0.25, 0.3) is 0 Å². The van der Waals surface area contributed by atoms with E-state index in [1.807, 2.05) is 12.1 Å². The SMILES string of the molecule is CCSCC(O)c1cccc(CC(C)C)c1. The molecule has 0 fully saturated rings. The lowest BCUT2D eigenvalue weighted by atomic mass is 9.99. The van der Waals surface area contributed by atoms with Gasteiger partial charge in [0.2, 0.25) is 0 Å². The predicted molar refractivity (Wildman–Crippen MR) is 72.9 cm³/mol. The summed E-state index contributed by atoms with van der Waals surface area (Å²) in [7, 11) is 0. The number of aliphatic hydroxyl groups is 1. The van der Waals surface area contributed by atoms with Crippen LogP contribution in [0.15, 0.2) is 24.3 Å². The molecule has 1 unspecified atom stereocenters. The van der Waals surface area contributed by atoms with Crippen molar-refractivity contribution in [3.8, 4) is 0 Å². The Bertz CT molecular complexity index is 309. The zero-order valence-corrected chi connectivity index (χ0v) is 11.3. The Morgan fingerprint density at radius 1 is 1.31 bits per heavy atom. The monoisotopic (exact) mass is 238 g/mol. The highest BCUT2D eigenvalue weighted by atomic mass is 32.2. The minimum atomic E-state index is -0.322. The van der Waals surface area contributed by atoms with Crippen LogP contribution in [0.3, 0.4) is 0 Å². The third-order valence-corrected chi connectivity index (χ3v) is 3.42. The Balaban J connectivity index is 2.65. The molecular formula is C14H22OS. The smallest absolute Gasteiger partial charge is 0.0880 e. The van der Waals surface area contributed by atoms with Gasteiger partial charge in [-0.15, -0.1) is 0 Å². The molecule has 0 radical (unpaired) electrons. The van der Waals surface area contributed by atoms with E-state index in [1.165, 1.54) is 5.56 Å². The van der Waals surface area contributed by atoms with Crippen LogP contribution in [0.2, 0.25) is 0 Å².